The molecule has 0 bridgehead atoms. The van der Waals surface area contributed by atoms with E-state index in [1.807, 2.05) is 12.4 Å². The smallest absolute Gasteiger partial charge is 0.102 e. The van der Waals surface area contributed by atoms with Gasteiger partial charge in [-0.15, -0.1) is 0 Å². The average molecular weight is 799 g/mol. The predicted molar refractivity (Wildman–Crippen MR) is 255 cm³/mol. The fraction of sp³-hybridized carbons (Fsp3) is 0.273. The number of hydrogen-bond donors (Lipinski definition) is 0. The van der Waals surface area contributed by atoms with E-state index in [-0.39, 0.29) is 22.2 Å². The topological polar surface area (TPSA) is 57.0 Å². The molecule has 5 aromatic carbocycles. The van der Waals surface area contributed by atoms with Crippen molar-refractivity contribution in [3.63, 3.8) is 0 Å². The number of hydrogen-bond acceptors (Lipinski definition) is 6. The maximum absolute atomic E-state index is 5.25. The minimum Gasteiger partial charge on any atom is -0.321 e. The minimum atomic E-state index is -0.626. The molecule has 61 heavy (non-hydrogen) atoms. The summed E-state index contributed by atoms with van der Waals surface area (Å²) in [6.07, 6.45) is 4.04. The second kappa shape index (κ2) is 13.3. The first-order chi connectivity index (χ1) is 29.1. The van der Waals surface area contributed by atoms with Gasteiger partial charge in [0.05, 0.1) is 62.7 Å². The fourth-order valence-corrected chi connectivity index (χ4v) is 10.6. The summed E-state index contributed by atoms with van der Waals surface area (Å²) in [5, 5.41) is 2.39. The molecule has 0 saturated heterocycles. The first-order valence-electron chi connectivity index (χ1n) is 21.6. The molecule has 6 nitrogen and oxygen atoms in total. The molecule has 0 amide bonds. The van der Waals surface area contributed by atoms with Crippen molar-refractivity contribution in [2.45, 2.75) is 96.8 Å². The van der Waals surface area contributed by atoms with Crippen LogP contribution in [0.1, 0.15) is 91.5 Å². The van der Waals surface area contributed by atoms with Crippen molar-refractivity contribution < 1.29 is 0 Å². The summed E-state index contributed by atoms with van der Waals surface area (Å²) in [6.45, 7) is 22.1. The molecular weight excluding hydrogens is 745 g/mol. The van der Waals surface area contributed by atoms with Crippen molar-refractivity contribution >= 4 is 33.8 Å². The van der Waals surface area contributed by atoms with Crippen molar-refractivity contribution in [2.75, 3.05) is 9.80 Å². The van der Waals surface area contributed by atoms with E-state index in [9.17, 15) is 0 Å². The van der Waals surface area contributed by atoms with Crippen LogP contribution in [0.25, 0.3) is 44.4 Å². The van der Waals surface area contributed by atoms with Crippen LogP contribution in [0.15, 0.2) is 156 Å². The van der Waals surface area contributed by atoms with Crippen LogP contribution in [0.3, 0.4) is 0 Å². The molecule has 3 aliphatic rings. The number of pyridine rings is 2. The molecule has 0 radical (unpaired) electrons. The Hall–Kier alpha value is -6.40. The van der Waals surface area contributed by atoms with Gasteiger partial charge in [0.1, 0.15) is 11.7 Å². The summed E-state index contributed by atoms with van der Waals surface area (Å²) in [6, 6.07) is 49.1. The minimum absolute atomic E-state index is 0.195. The van der Waals surface area contributed by atoms with Gasteiger partial charge >= 0.3 is 0 Å². The van der Waals surface area contributed by atoms with Gasteiger partial charge in [0.15, 0.2) is 0 Å². The highest BCUT2D eigenvalue weighted by molar-refractivity contribution is 6.10. The van der Waals surface area contributed by atoms with Crippen molar-refractivity contribution in [2.24, 2.45) is 9.98 Å². The largest absolute Gasteiger partial charge is 0.321 e. The quantitative estimate of drug-likeness (QED) is 0.168. The standard InChI is InChI=1S/C55H54N6/c1-35-58-51(3,4)53(7,8)60(35)40-26-29-48(56-33-40)37-25-28-44-46(31-37)55(38-19-13-11-14-20-38,39-21-15-12-16-22-39)47-32-45(42-23-17-18-24-43(42)50(44)47)49-30-27-41(34-57-49)61-36(2)59-52(5,6)54(61,9)10/h11-34H,1-10H3. The zero-order chi connectivity index (χ0) is 42.7. The molecule has 0 unspecified atom stereocenters. The highest BCUT2D eigenvalue weighted by Crippen LogP contribution is 2.59. The summed E-state index contributed by atoms with van der Waals surface area (Å²) in [4.78, 5) is 25.1. The molecule has 2 aromatic heterocycles. The Morgan fingerprint density at radius 1 is 0.443 bits per heavy atom. The highest BCUT2D eigenvalue weighted by atomic mass is 15.3. The van der Waals surface area contributed by atoms with Gasteiger partial charge in [-0.2, -0.15) is 0 Å². The second-order valence-corrected chi connectivity index (χ2v) is 19.2. The van der Waals surface area contributed by atoms with Crippen molar-refractivity contribution in [3.8, 4) is 33.6 Å². The SMILES string of the molecule is CC1=NC(C)(C)C(C)(C)N1c1ccc(-c2ccc3c(c2)C(c2ccccc2)(c2ccccc2)c2cc(-c4ccc(N5C(C)=NC(C)(C)C5(C)C)cn4)c4ccccc4c2-3)nc1. The van der Waals surface area contributed by atoms with Gasteiger partial charge < -0.3 is 9.80 Å². The number of amidine groups is 2. The summed E-state index contributed by atoms with van der Waals surface area (Å²) >= 11 is 0. The van der Waals surface area contributed by atoms with Crippen LogP contribution in [0, 0.1) is 0 Å². The lowest BCUT2D eigenvalue weighted by Crippen LogP contribution is -2.53. The summed E-state index contributed by atoms with van der Waals surface area (Å²) in [7, 11) is 0. The molecule has 0 atom stereocenters. The van der Waals surface area contributed by atoms with Crippen molar-refractivity contribution in [1.29, 1.82) is 0 Å². The Labute approximate surface area is 360 Å². The van der Waals surface area contributed by atoms with Crippen LogP contribution >= 0.6 is 0 Å². The van der Waals surface area contributed by atoms with E-state index in [2.05, 4.69) is 212 Å². The van der Waals surface area contributed by atoms with Gasteiger partial charge in [-0.05, 0) is 150 Å². The molecule has 0 saturated carbocycles. The molecule has 0 N–H and O–H groups in total. The molecular formula is C55H54N6. The second-order valence-electron chi connectivity index (χ2n) is 19.2. The third kappa shape index (κ3) is 5.46. The Morgan fingerprint density at radius 2 is 0.934 bits per heavy atom. The highest BCUT2D eigenvalue weighted by Gasteiger charge is 2.50. The number of nitrogens with zero attached hydrogens (tertiary/aromatic N) is 6. The maximum atomic E-state index is 5.25. The van der Waals surface area contributed by atoms with Crippen LogP contribution in [0.4, 0.5) is 11.4 Å². The first kappa shape index (κ1) is 38.8. The summed E-state index contributed by atoms with van der Waals surface area (Å²) in [5.74, 6) is 2.02. The molecule has 0 fully saturated rings. The van der Waals surface area contributed by atoms with Crippen LogP contribution in [0.5, 0.6) is 0 Å². The molecule has 0 spiro atoms. The van der Waals surface area contributed by atoms with Gasteiger partial charge in [0.2, 0.25) is 0 Å². The van der Waals surface area contributed by atoms with Gasteiger partial charge in [0, 0.05) is 11.1 Å². The Morgan fingerprint density at radius 3 is 1.41 bits per heavy atom. The zero-order valence-corrected chi connectivity index (χ0v) is 37.0. The molecule has 1 aliphatic carbocycles. The van der Waals surface area contributed by atoms with Gasteiger partial charge in [-0.3, -0.25) is 20.0 Å². The molecule has 10 rings (SSSR count). The van der Waals surface area contributed by atoms with Gasteiger partial charge in [-0.25, -0.2) is 0 Å². The monoisotopic (exact) mass is 798 g/mol. The van der Waals surface area contributed by atoms with Crippen LogP contribution in [0.2, 0.25) is 0 Å². The number of anilines is 2. The van der Waals surface area contributed by atoms with E-state index in [1.165, 1.54) is 44.2 Å². The maximum Gasteiger partial charge on any atom is 0.102 e. The number of benzene rings is 5. The van der Waals surface area contributed by atoms with Gasteiger partial charge in [0.25, 0.3) is 0 Å². The summed E-state index contributed by atoms with van der Waals surface area (Å²) in [5.41, 5.74) is 12.1. The van der Waals surface area contributed by atoms with Crippen LogP contribution in [-0.4, -0.2) is 43.8 Å². The molecule has 6 heteroatoms. The van der Waals surface area contributed by atoms with Gasteiger partial charge in [-0.1, -0.05) is 97.1 Å². The zero-order valence-electron chi connectivity index (χ0n) is 37.0. The number of aromatic nitrogens is 2. The average Bonchev–Trinajstić information content (AvgIpc) is 3.70. The number of aliphatic imine (C=N–C) groups is 2. The van der Waals surface area contributed by atoms with E-state index < -0.39 is 5.41 Å². The lowest BCUT2D eigenvalue weighted by atomic mass is 9.67. The first-order valence-corrected chi connectivity index (χ1v) is 21.6. The fourth-order valence-electron chi connectivity index (χ4n) is 10.6. The number of rotatable bonds is 6. The van der Waals surface area contributed by atoms with Crippen LogP contribution in [-0.2, 0) is 5.41 Å². The summed E-state index contributed by atoms with van der Waals surface area (Å²) < 4.78 is 0. The third-order valence-corrected chi connectivity index (χ3v) is 14.8. The van der Waals surface area contributed by atoms with Crippen molar-refractivity contribution in [3.05, 3.63) is 168 Å². The number of fused-ring (bicyclic) bond motifs is 5. The molecule has 7 aromatic rings. The van der Waals surface area contributed by atoms with E-state index >= 15 is 0 Å². The molecule has 2 aliphatic heterocycles. The van der Waals surface area contributed by atoms with E-state index in [1.54, 1.807) is 0 Å². The molecule has 4 heterocycles. The Kier molecular flexibility index (Phi) is 8.45. The van der Waals surface area contributed by atoms with Crippen molar-refractivity contribution in [1.82, 2.24) is 9.97 Å². The normalized spacial score (nSPS) is 18.8. The van der Waals surface area contributed by atoms with E-state index in [0.29, 0.717) is 0 Å². The lowest BCUT2D eigenvalue weighted by Gasteiger charge is -2.41. The predicted octanol–water partition coefficient (Wildman–Crippen LogP) is 12.9. The lowest BCUT2D eigenvalue weighted by molar-refractivity contribution is 0.338. The van der Waals surface area contributed by atoms with Crippen LogP contribution < -0.4 is 9.80 Å². The molecule has 304 valence electrons. The van der Waals surface area contributed by atoms with E-state index in [4.69, 9.17) is 20.0 Å². The Balaban J connectivity index is 1.17. The van der Waals surface area contributed by atoms with E-state index in [0.717, 1.165) is 45.6 Å². The Bertz CT molecular complexity index is 2880. The third-order valence-electron chi connectivity index (χ3n) is 14.8.